The number of H-pyrrole nitrogens is 1. The summed E-state index contributed by atoms with van der Waals surface area (Å²) in [5, 5.41) is 5.70. The number of sulfone groups is 1. The van der Waals surface area contributed by atoms with Crippen LogP contribution in [0, 0.1) is 12.7 Å². The highest BCUT2D eigenvalue weighted by Gasteiger charge is 2.28. The molecule has 0 spiro atoms. The second-order valence-corrected chi connectivity index (χ2v) is 11.6. The van der Waals surface area contributed by atoms with Crippen LogP contribution in [-0.2, 0) is 20.4 Å². The van der Waals surface area contributed by atoms with Crippen molar-refractivity contribution >= 4 is 39.0 Å². The number of rotatable bonds is 8. The van der Waals surface area contributed by atoms with Crippen molar-refractivity contribution in [3.63, 3.8) is 0 Å². The molecule has 0 saturated carbocycles. The van der Waals surface area contributed by atoms with Crippen molar-refractivity contribution in [2.45, 2.75) is 30.4 Å². The zero-order valence-electron chi connectivity index (χ0n) is 21.0. The fourth-order valence-electron chi connectivity index (χ4n) is 4.89. The molecule has 2 aromatic carbocycles. The second kappa shape index (κ2) is 10.5. The van der Waals surface area contributed by atoms with Crippen LogP contribution in [-0.4, -0.2) is 56.3 Å². The number of hydrogen-bond acceptors (Lipinski definition) is 5. The zero-order valence-corrected chi connectivity index (χ0v) is 21.8. The number of amides is 2. The molecule has 0 atom stereocenters. The first-order valence-electron chi connectivity index (χ1n) is 12.5. The van der Waals surface area contributed by atoms with Crippen LogP contribution in [0.1, 0.15) is 45.7 Å². The lowest BCUT2D eigenvalue weighted by atomic mass is 10.0. The lowest BCUT2D eigenvalue weighted by Crippen LogP contribution is -2.33. The number of aryl methyl sites for hydroxylation is 1. The molecule has 8 nitrogen and oxygen atoms in total. The van der Waals surface area contributed by atoms with E-state index in [1.165, 1.54) is 49.2 Å². The fraction of sp³-hybridized carbons (Fsp3) is 0.286. The lowest BCUT2D eigenvalue weighted by molar-refractivity contribution is -0.110. The zero-order chi connectivity index (χ0) is 26.9. The molecular formula is C28H29FN4O4S. The molecule has 0 bridgehead atoms. The van der Waals surface area contributed by atoms with Gasteiger partial charge in [-0.1, -0.05) is 18.2 Å². The first-order chi connectivity index (χ1) is 18.2. The van der Waals surface area contributed by atoms with Gasteiger partial charge in [-0.3, -0.25) is 9.59 Å². The van der Waals surface area contributed by atoms with Crippen molar-refractivity contribution in [3.05, 3.63) is 82.4 Å². The number of nitrogens with one attached hydrogen (secondary N) is 3. The molecule has 38 heavy (non-hydrogen) atoms. The Bertz CT molecular complexity index is 1540. The van der Waals surface area contributed by atoms with Gasteiger partial charge in [-0.05, 0) is 69.3 Å². The topological polar surface area (TPSA) is 111 Å². The Morgan fingerprint density at radius 1 is 1.13 bits per heavy atom. The summed E-state index contributed by atoms with van der Waals surface area (Å²) in [7, 11) is -3.89. The minimum atomic E-state index is -3.89. The Labute approximate surface area is 220 Å². The highest BCUT2D eigenvalue weighted by Crippen LogP contribution is 2.36. The monoisotopic (exact) mass is 536 g/mol. The first kappa shape index (κ1) is 25.9. The summed E-state index contributed by atoms with van der Waals surface area (Å²) < 4.78 is 40.3. The van der Waals surface area contributed by atoms with Gasteiger partial charge in [-0.25, -0.2) is 12.8 Å². The van der Waals surface area contributed by atoms with Crippen LogP contribution in [0.4, 0.5) is 10.1 Å². The summed E-state index contributed by atoms with van der Waals surface area (Å²) in [5.74, 6) is -1.75. The molecule has 198 valence electrons. The number of nitrogens with zero attached hydrogens (tertiary/aromatic N) is 1. The van der Waals surface area contributed by atoms with Gasteiger partial charge < -0.3 is 20.5 Å². The van der Waals surface area contributed by atoms with Crippen molar-refractivity contribution in [3.8, 4) is 0 Å². The van der Waals surface area contributed by atoms with Gasteiger partial charge in [0.15, 0.2) is 9.84 Å². The van der Waals surface area contributed by atoms with Crippen molar-refractivity contribution in [1.29, 1.82) is 0 Å². The molecule has 2 aliphatic rings. The number of aromatic nitrogens is 1. The molecular weight excluding hydrogens is 507 g/mol. The minimum Gasteiger partial charge on any atom is -0.358 e. The molecule has 1 fully saturated rings. The maximum absolute atomic E-state index is 14.1. The number of carbonyl (C=O) groups excluding carboxylic acids is 2. The molecule has 0 radical (unpaired) electrons. The van der Waals surface area contributed by atoms with Crippen molar-refractivity contribution < 1.29 is 22.4 Å². The number of hydrogen-bond donors (Lipinski definition) is 3. The molecule has 3 aromatic rings. The minimum absolute atomic E-state index is 0.0237. The number of anilines is 1. The van der Waals surface area contributed by atoms with Crippen LogP contribution in [0.5, 0.6) is 0 Å². The van der Waals surface area contributed by atoms with E-state index in [-0.39, 0.29) is 21.9 Å². The number of halogens is 1. The van der Waals surface area contributed by atoms with E-state index in [0.29, 0.717) is 29.1 Å². The third-order valence-electron chi connectivity index (χ3n) is 6.86. The van der Waals surface area contributed by atoms with E-state index in [0.717, 1.165) is 25.3 Å². The van der Waals surface area contributed by atoms with Crippen LogP contribution >= 0.6 is 0 Å². The summed E-state index contributed by atoms with van der Waals surface area (Å²) in [6.07, 6.45) is 3.92. The predicted octanol–water partition coefficient (Wildman–Crippen LogP) is 3.75. The van der Waals surface area contributed by atoms with Crippen molar-refractivity contribution in [2.24, 2.45) is 0 Å². The molecule has 3 heterocycles. The highest BCUT2D eigenvalue weighted by atomic mass is 32.2. The third-order valence-corrected chi connectivity index (χ3v) is 8.53. The number of fused-ring (bicyclic) bond motifs is 1. The molecule has 0 aliphatic carbocycles. The standard InChI is InChI=1S/C28H29FN4O4S/c1-18-14-23(27(34)30-10-13-33-11-4-5-12-33)26(31-18)16-22-21-15-20(8-9-25(21)32-28(22)35)38(36,37)17-19-6-2-3-7-24(19)29/h2-3,6-9,14-16,31H,4-5,10-13,17H2,1H3,(H,30,34)(H,32,35). The van der Waals surface area contributed by atoms with E-state index in [2.05, 4.69) is 20.5 Å². The fourth-order valence-corrected chi connectivity index (χ4v) is 6.28. The highest BCUT2D eigenvalue weighted by molar-refractivity contribution is 7.90. The first-order valence-corrected chi connectivity index (χ1v) is 14.2. The van der Waals surface area contributed by atoms with Gasteiger partial charge in [0.1, 0.15) is 5.82 Å². The van der Waals surface area contributed by atoms with Gasteiger partial charge in [0, 0.05) is 35.6 Å². The Morgan fingerprint density at radius 3 is 2.66 bits per heavy atom. The van der Waals surface area contributed by atoms with Crippen LogP contribution in [0.3, 0.4) is 0 Å². The molecule has 10 heteroatoms. The Morgan fingerprint density at radius 2 is 1.89 bits per heavy atom. The molecule has 0 unspecified atom stereocenters. The summed E-state index contributed by atoms with van der Waals surface area (Å²) in [6.45, 7) is 5.21. The van der Waals surface area contributed by atoms with Gasteiger partial charge in [0.25, 0.3) is 11.8 Å². The lowest BCUT2D eigenvalue weighted by Gasteiger charge is -2.14. The van der Waals surface area contributed by atoms with E-state index in [1.54, 1.807) is 18.2 Å². The second-order valence-electron chi connectivity index (χ2n) is 9.65. The largest absolute Gasteiger partial charge is 0.358 e. The van der Waals surface area contributed by atoms with E-state index in [1.807, 2.05) is 6.92 Å². The average Bonchev–Trinajstić information content (AvgIpc) is 3.60. The van der Waals surface area contributed by atoms with Gasteiger partial charge in [0.2, 0.25) is 0 Å². The third kappa shape index (κ3) is 5.41. The molecule has 3 N–H and O–H groups in total. The normalized spacial score (nSPS) is 16.6. The number of benzene rings is 2. The van der Waals surface area contributed by atoms with E-state index in [4.69, 9.17) is 0 Å². The molecule has 2 aliphatic heterocycles. The molecule has 2 amide bonds. The number of likely N-dealkylation sites (tertiary alicyclic amines) is 1. The maximum Gasteiger partial charge on any atom is 0.256 e. The van der Waals surface area contributed by atoms with Crippen molar-refractivity contribution in [1.82, 2.24) is 15.2 Å². The molecule has 5 rings (SSSR count). The van der Waals surface area contributed by atoms with Crippen molar-refractivity contribution in [2.75, 3.05) is 31.5 Å². The molecule has 1 saturated heterocycles. The van der Waals surface area contributed by atoms with Gasteiger partial charge in [0.05, 0.1) is 27.5 Å². The quantitative estimate of drug-likeness (QED) is 0.380. The van der Waals surface area contributed by atoms with E-state index in [9.17, 15) is 22.4 Å². The SMILES string of the molecule is Cc1cc(C(=O)NCCN2CCCC2)c(C=C2C(=O)Nc3ccc(S(=O)(=O)Cc4ccccc4F)cc32)[nH]1. The van der Waals surface area contributed by atoms with Gasteiger partial charge in [-0.2, -0.15) is 0 Å². The summed E-state index contributed by atoms with van der Waals surface area (Å²) >= 11 is 0. The molecule has 1 aromatic heterocycles. The predicted molar refractivity (Wildman–Crippen MR) is 144 cm³/mol. The van der Waals surface area contributed by atoms with Gasteiger partial charge in [-0.15, -0.1) is 0 Å². The van der Waals surface area contributed by atoms with E-state index >= 15 is 0 Å². The Kier molecular flexibility index (Phi) is 7.18. The average molecular weight is 537 g/mol. The Hall–Kier alpha value is -3.76. The Balaban J connectivity index is 1.41. The van der Waals surface area contributed by atoms with Crippen LogP contribution < -0.4 is 10.6 Å². The van der Waals surface area contributed by atoms with Crippen LogP contribution in [0.15, 0.2) is 53.4 Å². The summed E-state index contributed by atoms with van der Waals surface area (Å²) in [5.41, 5.74) is 2.78. The smallest absolute Gasteiger partial charge is 0.256 e. The van der Waals surface area contributed by atoms with Crippen LogP contribution in [0.25, 0.3) is 11.6 Å². The summed E-state index contributed by atoms with van der Waals surface area (Å²) in [6, 6.07) is 11.8. The number of carbonyl (C=O) groups is 2. The number of aromatic amines is 1. The van der Waals surface area contributed by atoms with E-state index < -0.39 is 27.3 Å². The van der Waals surface area contributed by atoms with Crippen LogP contribution in [0.2, 0.25) is 0 Å². The maximum atomic E-state index is 14.1. The summed E-state index contributed by atoms with van der Waals surface area (Å²) in [4.78, 5) is 31.2. The van der Waals surface area contributed by atoms with Gasteiger partial charge >= 0.3 is 0 Å².